The molecule has 0 unspecified atom stereocenters. The van der Waals surface area contributed by atoms with Gasteiger partial charge in [-0.3, -0.25) is 0 Å². The predicted octanol–water partition coefficient (Wildman–Crippen LogP) is 4.86. The average Bonchev–Trinajstić information content (AvgIpc) is 2.41. The summed E-state index contributed by atoms with van der Waals surface area (Å²) in [6, 6.07) is 0. The van der Waals surface area contributed by atoms with E-state index in [0.29, 0.717) is 13.0 Å². The largest absolute Gasteiger partial charge is 0.381 e. The summed E-state index contributed by atoms with van der Waals surface area (Å²) in [5.41, 5.74) is 0. The minimum atomic E-state index is -1.64. The average molecular weight is 316 g/mol. The Morgan fingerprint density at radius 2 is 1.32 bits per heavy atom. The first-order valence-electron chi connectivity index (χ1n) is 9.28. The van der Waals surface area contributed by atoms with Crippen LogP contribution in [0.15, 0.2) is 0 Å². The van der Waals surface area contributed by atoms with Crippen LogP contribution in [0.5, 0.6) is 0 Å². The van der Waals surface area contributed by atoms with Crippen LogP contribution in [0.3, 0.4) is 0 Å². The van der Waals surface area contributed by atoms with Gasteiger partial charge < -0.3 is 14.9 Å². The van der Waals surface area contributed by atoms with E-state index in [0.717, 1.165) is 25.4 Å². The highest BCUT2D eigenvalue weighted by Crippen LogP contribution is 2.12. The van der Waals surface area contributed by atoms with Crippen LogP contribution in [-0.2, 0) is 4.74 Å². The standard InChI is InChI=1S/C19H39O3/c1-18(2)14-10-8-6-4-5-7-9-12-16-22-17-13-11-15-19(3,20)21/h15,18,20-21H,4-14,16-17H2,1-3H3. The molecule has 3 heteroatoms. The Labute approximate surface area is 138 Å². The second kappa shape index (κ2) is 14.5. The van der Waals surface area contributed by atoms with Gasteiger partial charge in [-0.25, -0.2) is 0 Å². The summed E-state index contributed by atoms with van der Waals surface area (Å²) < 4.78 is 5.55. The molecule has 0 aliphatic carbocycles. The number of aliphatic hydroxyl groups is 2. The van der Waals surface area contributed by atoms with Gasteiger partial charge in [0.2, 0.25) is 0 Å². The molecule has 133 valence electrons. The molecule has 0 saturated carbocycles. The van der Waals surface area contributed by atoms with Gasteiger partial charge >= 0.3 is 0 Å². The first-order valence-corrected chi connectivity index (χ1v) is 9.28. The van der Waals surface area contributed by atoms with Gasteiger partial charge in [0, 0.05) is 19.6 Å². The lowest BCUT2D eigenvalue weighted by atomic mass is 10.0. The molecule has 0 aromatic rings. The maximum absolute atomic E-state index is 9.09. The zero-order valence-electron chi connectivity index (χ0n) is 15.1. The van der Waals surface area contributed by atoms with Gasteiger partial charge in [-0.05, 0) is 32.1 Å². The summed E-state index contributed by atoms with van der Waals surface area (Å²) in [7, 11) is 0. The Balaban J connectivity index is 3.03. The number of rotatable bonds is 16. The van der Waals surface area contributed by atoms with E-state index < -0.39 is 5.79 Å². The summed E-state index contributed by atoms with van der Waals surface area (Å²) in [5, 5.41) is 18.2. The fourth-order valence-corrected chi connectivity index (χ4v) is 2.48. The molecular formula is C19H39O3. The van der Waals surface area contributed by atoms with Crippen LogP contribution < -0.4 is 0 Å². The van der Waals surface area contributed by atoms with Crippen molar-refractivity contribution in [2.75, 3.05) is 13.2 Å². The van der Waals surface area contributed by atoms with Gasteiger partial charge in [-0.1, -0.05) is 65.2 Å². The van der Waals surface area contributed by atoms with Crippen molar-refractivity contribution >= 4 is 0 Å². The fraction of sp³-hybridized carbons (Fsp3) is 0.947. The van der Waals surface area contributed by atoms with Gasteiger partial charge in [0.25, 0.3) is 0 Å². The fourth-order valence-electron chi connectivity index (χ4n) is 2.48. The van der Waals surface area contributed by atoms with Gasteiger partial charge in [-0.2, -0.15) is 0 Å². The molecular weight excluding hydrogens is 276 g/mol. The molecule has 0 aromatic carbocycles. The monoisotopic (exact) mass is 315 g/mol. The minimum Gasteiger partial charge on any atom is -0.381 e. The molecule has 0 rings (SSSR count). The maximum Gasteiger partial charge on any atom is 0.162 e. The van der Waals surface area contributed by atoms with Crippen LogP contribution in [-0.4, -0.2) is 29.2 Å². The predicted molar refractivity (Wildman–Crippen MR) is 93.6 cm³/mol. The quantitative estimate of drug-likeness (QED) is 0.316. The Bertz CT molecular complexity index is 221. The molecule has 0 fully saturated rings. The van der Waals surface area contributed by atoms with E-state index in [-0.39, 0.29) is 0 Å². The van der Waals surface area contributed by atoms with E-state index in [1.165, 1.54) is 64.7 Å². The highest BCUT2D eigenvalue weighted by atomic mass is 16.5. The van der Waals surface area contributed by atoms with Crippen molar-refractivity contribution in [1.82, 2.24) is 0 Å². The van der Waals surface area contributed by atoms with Crippen molar-refractivity contribution in [3.05, 3.63) is 6.42 Å². The first kappa shape index (κ1) is 21.9. The maximum atomic E-state index is 9.09. The van der Waals surface area contributed by atoms with E-state index >= 15 is 0 Å². The Morgan fingerprint density at radius 3 is 1.86 bits per heavy atom. The molecule has 0 amide bonds. The lowest BCUT2D eigenvalue weighted by Gasteiger charge is -2.14. The van der Waals surface area contributed by atoms with Crippen LogP contribution in [0.4, 0.5) is 0 Å². The van der Waals surface area contributed by atoms with E-state index in [4.69, 9.17) is 14.9 Å². The Hall–Kier alpha value is -0.120. The summed E-state index contributed by atoms with van der Waals surface area (Å²) >= 11 is 0. The number of hydrogen-bond acceptors (Lipinski definition) is 3. The van der Waals surface area contributed by atoms with Gasteiger partial charge in [0.1, 0.15) is 0 Å². The topological polar surface area (TPSA) is 49.7 Å². The van der Waals surface area contributed by atoms with Gasteiger partial charge in [0.15, 0.2) is 5.79 Å². The van der Waals surface area contributed by atoms with Crippen LogP contribution in [0.25, 0.3) is 0 Å². The van der Waals surface area contributed by atoms with E-state index in [9.17, 15) is 0 Å². The van der Waals surface area contributed by atoms with Gasteiger partial charge in [-0.15, -0.1) is 0 Å². The molecule has 0 saturated heterocycles. The number of hydrogen-bond donors (Lipinski definition) is 2. The van der Waals surface area contributed by atoms with Crippen molar-refractivity contribution < 1.29 is 14.9 Å². The second-order valence-electron chi connectivity index (χ2n) is 7.06. The lowest BCUT2D eigenvalue weighted by Crippen LogP contribution is -2.23. The third-order valence-corrected chi connectivity index (χ3v) is 3.84. The molecule has 0 aromatic heterocycles. The summed E-state index contributed by atoms with van der Waals surface area (Å²) in [6.07, 6.45) is 15.1. The summed E-state index contributed by atoms with van der Waals surface area (Å²) in [5.74, 6) is -0.788. The third kappa shape index (κ3) is 19.9. The highest BCUT2D eigenvalue weighted by Gasteiger charge is 2.13. The van der Waals surface area contributed by atoms with E-state index in [2.05, 4.69) is 13.8 Å². The van der Waals surface area contributed by atoms with Crippen LogP contribution in [0.1, 0.15) is 91.4 Å². The molecule has 0 aliphatic heterocycles. The highest BCUT2D eigenvalue weighted by molar-refractivity contribution is 4.77. The molecule has 3 nitrogen and oxygen atoms in total. The van der Waals surface area contributed by atoms with Crippen LogP contribution in [0.2, 0.25) is 0 Å². The first-order chi connectivity index (χ1) is 10.4. The van der Waals surface area contributed by atoms with Crippen molar-refractivity contribution in [3.63, 3.8) is 0 Å². The molecule has 0 atom stereocenters. The van der Waals surface area contributed by atoms with E-state index in [1.807, 2.05) is 0 Å². The molecule has 1 radical (unpaired) electrons. The minimum absolute atomic E-state index is 0.681. The smallest absolute Gasteiger partial charge is 0.162 e. The zero-order chi connectivity index (χ0) is 16.7. The Kier molecular flexibility index (Phi) is 14.4. The lowest BCUT2D eigenvalue weighted by molar-refractivity contribution is -0.117. The van der Waals surface area contributed by atoms with Crippen LogP contribution >= 0.6 is 0 Å². The molecule has 22 heavy (non-hydrogen) atoms. The number of unbranched alkanes of at least 4 members (excludes halogenated alkanes) is 8. The second-order valence-corrected chi connectivity index (χ2v) is 7.06. The van der Waals surface area contributed by atoms with Crippen molar-refractivity contribution in [3.8, 4) is 0 Å². The zero-order valence-corrected chi connectivity index (χ0v) is 15.1. The molecule has 2 N–H and O–H groups in total. The normalized spacial score (nSPS) is 12.3. The molecule has 0 bridgehead atoms. The molecule has 0 spiro atoms. The SMILES string of the molecule is CC(C)CCCCCCCCCCOCCC[CH]C(C)(O)O. The molecule has 0 aliphatic rings. The molecule has 0 heterocycles. The van der Waals surface area contributed by atoms with Crippen LogP contribution in [0, 0.1) is 12.3 Å². The third-order valence-electron chi connectivity index (χ3n) is 3.84. The Morgan fingerprint density at radius 1 is 0.818 bits per heavy atom. The van der Waals surface area contributed by atoms with E-state index in [1.54, 1.807) is 0 Å². The van der Waals surface area contributed by atoms with Gasteiger partial charge in [0.05, 0.1) is 0 Å². The summed E-state index contributed by atoms with van der Waals surface area (Å²) in [4.78, 5) is 0. The summed E-state index contributed by atoms with van der Waals surface area (Å²) in [6.45, 7) is 7.53. The van der Waals surface area contributed by atoms with Crippen molar-refractivity contribution in [2.24, 2.45) is 5.92 Å². The van der Waals surface area contributed by atoms with Crippen molar-refractivity contribution in [1.29, 1.82) is 0 Å². The van der Waals surface area contributed by atoms with Crippen molar-refractivity contribution in [2.45, 2.75) is 97.2 Å². The number of ether oxygens (including phenoxy) is 1.